The number of phenolic OH excluding ortho intramolecular Hbond substituents is 1. The van der Waals surface area contributed by atoms with Crippen molar-refractivity contribution in [1.29, 1.82) is 0 Å². The molecule has 0 aromatic heterocycles. The van der Waals surface area contributed by atoms with Crippen LogP contribution in [0, 0.1) is 5.82 Å². The van der Waals surface area contributed by atoms with Crippen LogP contribution in [-0.4, -0.2) is 10.6 Å². The SMILES string of the molecule is CC(C)(CCc1ccccc1)NCc1cccc(F)c1O. The Balaban J connectivity index is 1.90. The minimum atomic E-state index is -0.573. The third-order valence-corrected chi connectivity index (χ3v) is 3.71. The van der Waals surface area contributed by atoms with Gasteiger partial charge in [-0.05, 0) is 38.3 Å². The maximum absolute atomic E-state index is 13.3. The molecule has 0 saturated carbocycles. The smallest absolute Gasteiger partial charge is 0.165 e. The fraction of sp³-hybridized carbons (Fsp3) is 0.333. The molecule has 2 aromatic carbocycles. The van der Waals surface area contributed by atoms with E-state index in [0.29, 0.717) is 12.1 Å². The lowest BCUT2D eigenvalue weighted by Gasteiger charge is -2.27. The summed E-state index contributed by atoms with van der Waals surface area (Å²) in [6.45, 7) is 4.68. The first-order valence-corrected chi connectivity index (χ1v) is 7.23. The van der Waals surface area contributed by atoms with E-state index >= 15 is 0 Å². The predicted molar refractivity (Wildman–Crippen MR) is 83.7 cm³/mol. The number of hydrogen-bond acceptors (Lipinski definition) is 2. The summed E-state index contributed by atoms with van der Waals surface area (Å²) in [6.07, 6.45) is 1.95. The van der Waals surface area contributed by atoms with Crippen LogP contribution in [0.5, 0.6) is 5.75 Å². The minimum Gasteiger partial charge on any atom is -0.505 e. The van der Waals surface area contributed by atoms with Gasteiger partial charge in [-0.3, -0.25) is 0 Å². The zero-order valence-corrected chi connectivity index (χ0v) is 12.6. The molecular formula is C18H22FNO. The summed E-state index contributed by atoms with van der Waals surface area (Å²) in [6, 6.07) is 14.9. The normalized spacial score (nSPS) is 11.6. The largest absolute Gasteiger partial charge is 0.505 e. The minimum absolute atomic E-state index is 0.0887. The van der Waals surface area contributed by atoms with Gasteiger partial charge in [0.05, 0.1) is 0 Å². The summed E-state index contributed by atoms with van der Waals surface area (Å²) >= 11 is 0. The third-order valence-electron chi connectivity index (χ3n) is 3.71. The lowest BCUT2D eigenvalue weighted by molar-refractivity contribution is 0.353. The fourth-order valence-electron chi connectivity index (χ4n) is 2.23. The van der Waals surface area contributed by atoms with Crippen molar-refractivity contribution < 1.29 is 9.50 Å². The summed E-state index contributed by atoms with van der Waals surface area (Å²) in [5.74, 6) is -0.833. The van der Waals surface area contributed by atoms with E-state index in [9.17, 15) is 9.50 Å². The molecule has 2 rings (SSSR count). The first-order valence-electron chi connectivity index (χ1n) is 7.23. The second kappa shape index (κ2) is 6.72. The Bertz CT molecular complexity index is 581. The molecule has 0 heterocycles. The van der Waals surface area contributed by atoms with Crippen LogP contribution in [0.4, 0.5) is 4.39 Å². The summed E-state index contributed by atoms with van der Waals surface area (Å²) in [5.41, 5.74) is 1.80. The molecule has 112 valence electrons. The molecule has 2 N–H and O–H groups in total. The quantitative estimate of drug-likeness (QED) is 0.840. The molecule has 0 aliphatic heterocycles. The molecule has 0 aliphatic rings. The van der Waals surface area contributed by atoms with Gasteiger partial charge in [-0.15, -0.1) is 0 Å². The number of halogens is 1. The molecule has 0 atom stereocenters. The zero-order valence-electron chi connectivity index (χ0n) is 12.6. The van der Waals surface area contributed by atoms with Crippen molar-refractivity contribution in [2.75, 3.05) is 0 Å². The Morgan fingerprint density at radius 1 is 1.05 bits per heavy atom. The number of aryl methyl sites for hydroxylation is 1. The van der Waals surface area contributed by atoms with Crippen molar-refractivity contribution in [2.45, 2.75) is 38.8 Å². The van der Waals surface area contributed by atoms with Crippen molar-refractivity contribution in [3.8, 4) is 5.75 Å². The third kappa shape index (κ3) is 4.57. The van der Waals surface area contributed by atoms with Crippen molar-refractivity contribution >= 4 is 0 Å². The maximum Gasteiger partial charge on any atom is 0.165 e. The molecule has 0 aliphatic carbocycles. The van der Waals surface area contributed by atoms with E-state index in [1.807, 2.05) is 18.2 Å². The van der Waals surface area contributed by atoms with Crippen LogP contribution in [0.3, 0.4) is 0 Å². The molecule has 21 heavy (non-hydrogen) atoms. The molecule has 0 spiro atoms. The van der Waals surface area contributed by atoms with E-state index in [1.165, 1.54) is 11.6 Å². The number of phenols is 1. The number of para-hydroxylation sites is 1. The van der Waals surface area contributed by atoms with E-state index in [0.717, 1.165) is 12.8 Å². The van der Waals surface area contributed by atoms with Crippen LogP contribution in [-0.2, 0) is 13.0 Å². The summed E-state index contributed by atoms with van der Waals surface area (Å²) < 4.78 is 13.3. The number of hydrogen-bond donors (Lipinski definition) is 2. The zero-order chi connectivity index (χ0) is 15.3. The highest BCUT2D eigenvalue weighted by atomic mass is 19.1. The van der Waals surface area contributed by atoms with E-state index in [-0.39, 0.29) is 11.3 Å². The molecule has 3 heteroatoms. The first kappa shape index (κ1) is 15.5. The highest BCUT2D eigenvalue weighted by molar-refractivity contribution is 5.33. The van der Waals surface area contributed by atoms with Gasteiger partial charge >= 0.3 is 0 Å². The average Bonchev–Trinajstić information content (AvgIpc) is 2.48. The number of aromatic hydroxyl groups is 1. The molecule has 2 aromatic rings. The van der Waals surface area contributed by atoms with Crippen molar-refractivity contribution in [1.82, 2.24) is 5.32 Å². The first-order chi connectivity index (χ1) is 9.98. The molecule has 0 radical (unpaired) electrons. The van der Waals surface area contributed by atoms with E-state index in [1.54, 1.807) is 12.1 Å². The van der Waals surface area contributed by atoms with E-state index in [4.69, 9.17) is 0 Å². The van der Waals surface area contributed by atoms with Gasteiger partial charge in [-0.2, -0.15) is 0 Å². The molecule has 0 bridgehead atoms. The number of nitrogens with one attached hydrogen (secondary N) is 1. The predicted octanol–water partition coefficient (Wildman–Crippen LogP) is 4.03. The average molecular weight is 287 g/mol. The van der Waals surface area contributed by atoms with Gasteiger partial charge in [-0.25, -0.2) is 4.39 Å². The second-order valence-corrected chi connectivity index (χ2v) is 5.97. The van der Waals surface area contributed by atoms with Gasteiger partial charge in [0.15, 0.2) is 11.6 Å². The molecular weight excluding hydrogens is 265 g/mol. The number of rotatable bonds is 6. The van der Waals surface area contributed by atoms with E-state index < -0.39 is 5.82 Å². The summed E-state index contributed by atoms with van der Waals surface area (Å²) in [4.78, 5) is 0. The van der Waals surface area contributed by atoms with Crippen LogP contribution < -0.4 is 5.32 Å². The van der Waals surface area contributed by atoms with Gasteiger partial charge in [0.25, 0.3) is 0 Å². The second-order valence-electron chi connectivity index (χ2n) is 5.97. The lowest BCUT2D eigenvalue weighted by atomic mass is 9.95. The standard InChI is InChI=1S/C18H22FNO/c1-18(2,12-11-14-7-4-3-5-8-14)20-13-15-9-6-10-16(19)17(15)21/h3-10,20-21H,11-13H2,1-2H3. The van der Waals surface area contributed by atoms with Crippen LogP contribution >= 0.6 is 0 Å². The van der Waals surface area contributed by atoms with Crippen molar-refractivity contribution in [2.24, 2.45) is 0 Å². The van der Waals surface area contributed by atoms with Crippen molar-refractivity contribution in [3.05, 3.63) is 65.5 Å². The van der Waals surface area contributed by atoms with Gasteiger partial charge in [0.1, 0.15) is 0 Å². The Hall–Kier alpha value is -1.87. The maximum atomic E-state index is 13.3. The molecule has 0 amide bonds. The topological polar surface area (TPSA) is 32.3 Å². The Labute approximate surface area is 125 Å². The highest BCUT2D eigenvalue weighted by Gasteiger charge is 2.18. The van der Waals surface area contributed by atoms with Crippen LogP contribution in [0.2, 0.25) is 0 Å². The Morgan fingerprint density at radius 3 is 2.48 bits per heavy atom. The van der Waals surface area contributed by atoms with Gasteiger partial charge in [-0.1, -0.05) is 42.5 Å². The Kier molecular flexibility index (Phi) is 4.97. The van der Waals surface area contributed by atoms with Crippen molar-refractivity contribution in [3.63, 3.8) is 0 Å². The number of benzene rings is 2. The molecule has 0 fully saturated rings. The van der Waals surface area contributed by atoms with Gasteiger partial charge in [0.2, 0.25) is 0 Å². The molecule has 0 unspecified atom stereocenters. The van der Waals surface area contributed by atoms with Crippen LogP contribution in [0.15, 0.2) is 48.5 Å². The Morgan fingerprint density at radius 2 is 1.76 bits per heavy atom. The summed E-state index contributed by atoms with van der Waals surface area (Å²) in [5, 5.41) is 13.1. The molecule has 0 saturated heterocycles. The highest BCUT2D eigenvalue weighted by Crippen LogP contribution is 2.22. The fourth-order valence-corrected chi connectivity index (χ4v) is 2.23. The lowest BCUT2D eigenvalue weighted by Crippen LogP contribution is -2.39. The van der Waals surface area contributed by atoms with E-state index in [2.05, 4.69) is 31.3 Å². The molecule has 2 nitrogen and oxygen atoms in total. The van der Waals surface area contributed by atoms with Gasteiger partial charge in [0, 0.05) is 17.6 Å². The van der Waals surface area contributed by atoms with Crippen LogP contribution in [0.1, 0.15) is 31.4 Å². The van der Waals surface area contributed by atoms with Gasteiger partial charge < -0.3 is 10.4 Å². The van der Waals surface area contributed by atoms with Crippen LogP contribution in [0.25, 0.3) is 0 Å². The summed E-state index contributed by atoms with van der Waals surface area (Å²) in [7, 11) is 0. The monoisotopic (exact) mass is 287 g/mol.